The zero-order valence-electron chi connectivity index (χ0n) is 9.16. The Morgan fingerprint density at radius 2 is 2.12 bits per heavy atom. The van der Waals surface area contributed by atoms with Gasteiger partial charge < -0.3 is 11.1 Å². The van der Waals surface area contributed by atoms with Gasteiger partial charge in [-0.25, -0.2) is 0 Å². The van der Waals surface area contributed by atoms with Gasteiger partial charge in [-0.15, -0.1) is 0 Å². The Morgan fingerprint density at radius 1 is 1.31 bits per heavy atom. The van der Waals surface area contributed by atoms with E-state index >= 15 is 0 Å². The van der Waals surface area contributed by atoms with E-state index in [1.54, 1.807) is 6.20 Å². The van der Waals surface area contributed by atoms with Crippen LogP contribution in [0.3, 0.4) is 0 Å². The maximum atomic E-state index is 6.02. The number of aromatic nitrogens is 2. The molecule has 1 aliphatic rings. The van der Waals surface area contributed by atoms with Gasteiger partial charge in [-0.3, -0.25) is 5.10 Å². The molecule has 1 fully saturated rings. The van der Waals surface area contributed by atoms with E-state index < -0.39 is 0 Å². The van der Waals surface area contributed by atoms with E-state index in [0.717, 1.165) is 22.3 Å². The number of fused-ring (bicyclic) bond motifs is 1. The number of anilines is 2. The van der Waals surface area contributed by atoms with Crippen LogP contribution in [0.4, 0.5) is 11.4 Å². The van der Waals surface area contributed by atoms with Gasteiger partial charge in [-0.1, -0.05) is 12.8 Å². The second kappa shape index (κ2) is 3.70. The van der Waals surface area contributed by atoms with E-state index in [1.807, 2.05) is 6.07 Å². The summed E-state index contributed by atoms with van der Waals surface area (Å²) in [5.74, 6) is 0. The number of nitrogen functional groups attached to an aromatic ring is 1. The summed E-state index contributed by atoms with van der Waals surface area (Å²) in [5, 5.41) is 11.6. The standard InChI is InChI=1S/C12H16N4/c13-10-5-8-7-14-16-11(8)6-12(10)15-9-3-1-2-4-9/h5-7,9,15H,1-4,13H2,(H,14,16). The van der Waals surface area contributed by atoms with E-state index in [4.69, 9.17) is 5.73 Å². The van der Waals surface area contributed by atoms with Gasteiger partial charge in [-0.2, -0.15) is 5.10 Å². The van der Waals surface area contributed by atoms with Crippen molar-refractivity contribution in [2.24, 2.45) is 0 Å². The molecule has 1 aromatic heterocycles. The smallest absolute Gasteiger partial charge is 0.0672 e. The van der Waals surface area contributed by atoms with E-state index in [2.05, 4.69) is 21.6 Å². The van der Waals surface area contributed by atoms with Crippen molar-refractivity contribution < 1.29 is 0 Å². The Labute approximate surface area is 94.2 Å². The molecule has 3 rings (SSSR count). The van der Waals surface area contributed by atoms with Crippen LogP contribution >= 0.6 is 0 Å². The van der Waals surface area contributed by atoms with E-state index in [0.29, 0.717) is 6.04 Å². The lowest BCUT2D eigenvalue weighted by Crippen LogP contribution is -2.15. The largest absolute Gasteiger partial charge is 0.397 e. The minimum absolute atomic E-state index is 0.586. The maximum Gasteiger partial charge on any atom is 0.0672 e. The number of rotatable bonds is 2. The van der Waals surface area contributed by atoms with Crippen LogP contribution in [0.15, 0.2) is 18.3 Å². The van der Waals surface area contributed by atoms with Crippen molar-refractivity contribution in [1.82, 2.24) is 10.2 Å². The molecule has 4 N–H and O–H groups in total. The first kappa shape index (κ1) is 9.51. The Bertz CT molecular complexity index is 497. The molecule has 84 valence electrons. The second-order valence-corrected chi connectivity index (χ2v) is 4.52. The van der Waals surface area contributed by atoms with Gasteiger partial charge in [-0.05, 0) is 25.0 Å². The first-order valence-electron chi connectivity index (χ1n) is 5.82. The van der Waals surface area contributed by atoms with Crippen molar-refractivity contribution in [3.8, 4) is 0 Å². The lowest BCUT2D eigenvalue weighted by Gasteiger charge is -2.15. The fraction of sp³-hybridized carbons (Fsp3) is 0.417. The van der Waals surface area contributed by atoms with Crippen molar-refractivity contribution in [2.45, 2.75) is 31.7 Å². The van der Waals surface area contributed by atoms with Crippen molar-refractivity contribution in [3.05, 3.63) is 18.3 Å². The molecule has 4 heteroatoms. The van der Waals surface area contributed by atoms with Gasteiger partial charge in [0.2, 0.25) is 0 Å². The molecule has 0 unspecified atom stereocenters. The van der Waals surface area contributed by atoms with E-state index in [1.165, 1.54) is 25.7 Å². The molecule has 0 saturated heterocycles. The highest BCUT2D eigenvalue weighted by Gasteiger charge is 2.15. The summed E-state index contributed by atoms with van der Waals surface area (Å²) >= 11 is 0. The summed E-state index contributed by atoms with van der Waals surface area (Å²) in [6.07, 6.45) is 6.94. The number of nitrogens with zero attached hydrogens (tertiary/aromatic N) is 1. The van der Waals surface area contributed by atoms with Gasteiger partial charge in [0.05, 0.1) is 23.1 Å². The van der Waals surface area contributed by atoms with Gasteiger partial charge in [0.15, 0.2) is 0 Å². The molecule has 0 bridgehead atoms. The Hall–Kier alpha value is -1.71. The normalized spacial score (nSPS) is 17.0. The predicted octanol–water partition coefficient (Wildman–Crippen LogP) is 2.50. The molecule has 4 nitrogen and oxygen atoms in total. The van der Waals surface area contributed by atoms with Crippen LogP contribution in [0.25, 0.3) is 10.9 Å². The molecule has 16 heavy (non-hydrogen) atoms. The van der Waals surface area contributed by atoms with E-state index in [9.17, 15) is 0 Å². The molecule has 1 aromatic carbocycles. The van der Waals surface area contributed by atoms with Crippen LogP contribution in [-0.2, 0) is 0 Å². The fourth-order valence-corrected chi connectivity index (χ4v) is 2.42. The van der Waals surface area contributed by atoms with Gasteiger partial charge >= 0.3 is 0 Å². The van der Waals surface area contributed by atoms with Gasteiger partial charge in [0.25, 0.3) is 0 Å². The second-order valence-electron chi connectivity index (χ2n) is 4.52. The molecule has 0 aliphatic heterocycles. The Morgan fingerprint density at radius 3 is 2.94 bits per heavy atom. The number of hydrogen-bond donors (Lipinski definition) is 3. The van der Waals surface area contributed by atoms with Crippen molar-refractivity contribution in [3.63, 3.8) is 0 Å². The minimum Gasteiger partial charge on any atom is -0.397 e. The molecule has 1 saturated carbocycles. The first-order chi connectivity index (χ1) is 7.83. The summed E-state index contributed by atoms with van der Waals surface area (Å²) in [4.78, 5) is 0. The summed E-state index contributed by atoms with van der Waals surface area (Å²) in [5.41, 5.74) is 8.89. The van der Waals surface area contributed by atoms with E-state index in [-0.39, 0.29) is 0 Å². The van der Waals surface area contributed by atoms with Crippen LogP contribution in [-0.4, -0.2) is 16.2 Å². The van der Waals surface area contributed by atoms with Crippen LogP contribution in [0, 0.1) is 0 Å². The zero-order valence-corrected chi connectivity index (χ0v) is 9.16. The van der Waals surface area contributed by atoms with Crippen molar-refractivity contribution in [2.75, 3.05) is 11.1 Å². The van der Waals surface area contributed by atoms with Gasteiger partial charge in [0.1, 0.15) is 0 Å². The molecular formula is C12H16N4. The molecule has 0 radical (unpaired) electrons. The van der Waals surface area contributed by atoms with Crippen LogP contribution < -0.4 is 11.1 Å². The molecule has 0 atom stereocenters. The number of H-pyrrole nitrogens is 1. The maximum absolute atomic E-state index is 6.02. The molecule has 2 aromatic rings. The van der Waals surface area contributed by atoms with Crippen molar-refractivity contribution in [1.29, 1.82) is 0 Å². The fourth-order valence-electron chi connectivity index (χ4n) is 2.42. The van der Waals surface area contributed by atoms with Gasteiger partial charge in [0, 0.05) is 11.4 Å². The predicted molar refractivity (Wildman–Crippen MR) is 66.4 cm³/mol. The monoisotopic (exact) mass is 216 g/mol. The highest BCUT2D eigenvalue weighted by molar-refractivity contribution is 5.88. The summed E-state index contributed by atoms with van der Waals surface area (Å²) in [6.45, 7) is 0. The Kier molecular flexibility index (Phi) is 2.20. The molecule has 1 heterocycles. The van der Waals surface area contributed by atoms with Crippen molar-refractivity contribution >= 4 is 22.3 Å². The molecular weight excluding hydrogens is 200 g/mol. The van der Waals surface area contributed by atoms with Crippen LogP contribution in [0.2, 0.25) is 0 Å². The average Bonchev–Trinajstić information content (AvgIpc) is 2.89. The Balaban J connectivity index is 1.92. The number of benzene rings is 1. The molecule has 1 aliphatic carbocycles. The third-order valence-corrected chi connectivity index (χ3v) is 3.33. The third kappa shape index (κ3) is 1.60. The topological polar surface area (TPSA) is 66.7 Å². The number of nitrogens with one attached hydrogen (secondary N) is 2. The highest BCUT2D eigenvalue weighted by Crippen LogP contribution is 2.28. The first-order valence-corrected chi connectivity index (χ1v) is 5.82. The molecule has 0 amide bonds. The minimum atomic E-state index is 0.586. The van der Waals surface area contributed by atoms with Crippen LogP contribution in [0.1, 0.15) is 25.7 Å². The lowest BCUT2D eigenvalue weighted by atomic mass is 10.1. The third-order valence-electron chi connectivity index (χ3n) is 3.33. The average molecular weight is 216 g/mol. The number of aromatic amines is 1. The number of hydrogen-bond acceptors (Lipinski definition) is 3. The summed E-state index contributed by atoms with van der Waals surface area (Å²) < 4.78 is 0. The lowest BCUT2D eigenvalue weighted by molar-refractivity contribution is 0.756. The summed E-state index contributed by atoms with van der Waals surface area (Å²) in [7, 11) is 0. The summed E-state index contributed by atoms with van der Waals surface area (Å²) in [6, 6.07) is 4.61. The van der Waals surface area contributed by atoms with Crippen LogP contribution in [0.5, 0.6) is 0 Å². The zero-order chi connectivity index (χ0) is 11.0. The number of nitrogens with two attached hydrogens (primary N) is 1. The quantitative estimate of drug-likeness (QED) is 0.676. The highest BCUT2D eigenvalue weighted by atomic mass is 15.1. The SMILES string of the molecule is Nc1cc2cn[nH]c2cc1NC1CCCC1. The molecule has 0 spiro atoms.